The molecule has 3 aliphatic heterocycles. The quantitative estimate of drug-likeness (QED) is 0.848. The second kappa shape index (κ2) is 6.55. The van der Waals surface area contributed by atoms with Gasteiger partial charge in [-0.2, -0.15) is 0 Å². The SMILES string of the molecule is CN1CC2C(N=C(N3CCNCC3)N2Cc2ccccc2)N(C)C1=O. The summed E-state index contributed by atoms with van der Waals surface area (Å²) in [6.45, 7) is 5.39. The summed E-state index contributed by atoms with van der Waals surface area (Å²) in [5, 5.41) is 3.40. The fourth-order valence-electron chi connectivity index (χ4n) is 3.96. The smallest absolute Gasteiger partial charge is 0.321 e. The number of urea groups is 1. The largest absolute Gasteiger partial charge is 0.340 e. The summed E-state index contributed by atoms with van der Waals surface area (Å²) in [7, 11) is 3.74. The van der Waals surface area contributed by atoms with Crippen molar-refractivity contribution in [1.29, 1.82) is 0 Å². The van der Waals surface area contributed by atoms with Gasteiger partial charge in [0, 0.05) is 53.4 Å². The molecule has 2 unspecified atom stereocenters. The van der Waals surface area contributed by atoms with Crippen molar-refractivity contribution in [3.8, 4) is 0 Å². The number of amides is 2. The second-order valence-corrected chi connectivity index (χ2v) is 7.03. The van der Waals surface area contributed by atoms with E-state index in [1.54, 1.807) is 9.80 Å². The molecule has 0 saturated carbocycles. The molecule has 2 saturated heterocycles. The van der Waals surface area contributed by atoms with Crippen molar-refractivity contribution in [2.75, 3.05) is 46.8 Å². The number of nitrogens with one attached hydrogen (secondary N) is 1. The maximum atomic E-state index is 12.4. The van der Waals surface area contributed by atoms with Crippen LogP contribution in [0.4, 0.5) is 4.79 Å². The Morgan fingerprint density at radius 3 is 2.60 bits per heavy atom. The summed E-state index contributed by atoms with van der Waals surface area (Å²) in [5.41, 5.74) is 1.27. The first-order valence-corrected chi connectivity index (χ1v) is 8.97. The molecule has 0 aliphatic carbocycles. The number of carbonyl (C=O) groups is 1. The summed E-state index contributed by atoms with van der Waals surface area (Å²) < 4.78 is 0. The number of benzene rings is 1. The third-order valence-electron chi connectivity index (χ3n) is 5.33. The topological polar surface area (TPSA) is 54.4 Å². The minimum Gasteiger partial charge on any atom is -0.340 e. The first-order chi connectivity index (χ1) is 12.1. The number of guanidine groups is 1. The Kier molecular flexibility index (Phi) is 4.25. The van der Waals surface area contributed by atoms with Crippen molar-refractivity contribution in [2.45, 2.75) is 18.8 Å². The Morgan fingerprint density at radius 1 is 1.16 bits per heavy atom. The van der Waals surface area contributed by atoms with Gasteiger partial charge in [0.2, 0.25) is 0 Å². The molecule has 1 aromatic rings. The number of rotatable bonds is 2. The van der Waals surface area contributed by atoms with E-state index in [0.717, 1.165) is 38.7 Å². The van der Waals surface area contributed by atoms with E-state index in [-0.39, 0.29) is 18.2 Å². The summed E-state index contributed by atoms with van der Waals surface area (Å²) >= 11 is 0. The van der Waals surface area contributed by atoms with Crippen LogP contribution in [-0.4, -0.2) is 90.6 Å². The number of hydrogen-bond acceptors (Lipinski definition) is 5. The molecule has 0 spiro atoms. The minimum absolute atomic E-state index is 0.0474. The van der Waals surface area contributed by atoms with Crippen LogP contribution in [0.1, 0.15) is 5.56 Å². The highest BCUT2D eigenvalue weighted by Crippen LogP contribution is 2.28. The minimum atomic E-state index is -0.0997. The van der Waals surface area contributed by atoms with Crippen LogP contribution in [0.3, 0.4) is 0 Å². The van der Waals surface area contributed by atoms with Gasteiger partial charge in [0.05, 0.1) is 6.04 Å². The van der Waals surface area contributed by atoms with Gasteiger partial charge in [0.1, 0.15) is 0 Å². The van der Waals surface area contributed by atoms with E-state index >= 15 is 0 Å². The first kappa shape index (κ1) is 16.2. The maximum absolute atomic E-state index is 12.4. The summed E-state index contributed by atoms with van der Waals surface area (Å²) in [5.74, 6) is 1.04. The fraction of sp³-hybridized carbons (Fsp3) is 0.556. The molecule has 2 amide bonds. The van der Waals surface area contributed by atoms with E-state index in [9.17, 15) is 4.79 Å². The van der Waals surface area contributed by atoms with Gasteiger partial charge in [-0.05, 0) is 5.56 Å². The van der Waals surface area contributed by atoms with Gasteiger partial charge in [-0.15, -0.1) is 0 Å². The van der Waals surface area contributed by atoms with Gasteiger partial charge in [0.15, 0.2) is 12.1 Å². The van der Waals surface area contributed by atoms with Crippen molar-refractivity contribution >= 4 is 12.0 Å². The average molecular weight is 342 g/mol. The highest BCUT2D eigenvalue weighted by atomic mass is 16.2. The lowest BCUT2D eigenvalue weighted by molar-refractivity contribution is 0.0834. The Bertz CT molecular complexity index is 657. The van der Waals surface area contributed by atoms with Crippen LogP contribution >= 0.6 is 0 Å². The third kappa shape index (κ3) is 2.93. The zero-order valence-corrected chi connectivity index (χ0v) is 14.9. The number of aliphatic imine (C=N–C) groups is 1. The Hall–Kier alpha value is -2.28. The standard InChI is InChI=1S/C18H26N6O/c1-21-13-15-16(22(2)18(21)25)20-17(23-10-8-19-9-11-23)24(15)12-14-6-4-3-5-7-14/h3-7,15-16,19H,8-13H2,1-2H3. The first-order valence-electron chi connectivity index (χ1n) is 8.97. The number of piperazine rings is 1. The molecule has 0 radical (unpaired) electrons. The molecule has 134 valence electrons. The van der Waals surface area contributed by atoms with Crippen LogP contribution in [0.2, 0.25) is 0 Å². The lowest BCUT2D eigenvalue weighted by Gasteiger charge is -2.42. The molecule has 2 fully saturated rings. The molecule has 3 aliphatic rings. The van der Waals surface area contributed by atoms with Crippen molar-refractivity contribution < 1.29 is 4.79 Å². The van der Waals surface area contributed by atoms with Crippen LogP contribution in [0.25, 0.3) is 0 Å². The third-order valence-corrected chi connectivity index (χ3v) is 5.33. The molecule has 7 nitrogen and oxygen atoms in total. The number of nitrogens with zero attached hydrogens (tertiary/aromatic N) is 5. The molecule has 0 bridgehead atoms. The van der Waals surface area contributed by atoms with Crippen molar-refractivity contribution in [2.24, 2.45) is 4.99 Å². The molecule has 0 aromatic heterocycles. The maximum Gasteiger partial charge on any atom is 0.321 e. The molecule has 7 heteroatoms. The van der Waals surface area contributed by atoms with Gasteiger partial charge < -0.3 is 24.9 Å². The molecule has 4 rings (SSSR count). The van der Waals surface area contributed by atoms with Crippen LogP contribution in [0.15, 0.2) is 35.3 Å². The molecule has 1 aromatic carbocycles. The normalized spacial score (nSPS) is 26.8. The van der Waals surface area contributed by atoms with Crippen molar-refractivity contribution in [1.82, 2.24) is 24.9 Å². The monoisotopic (exact) mass is 342 g/mol. The van der Waals surface area contributed by atoms with Crippen LogP contribution in [0, 0.1) is 0 Å². The van der Waals surface area contributed by atoms with Crippen LogP contribution < -0.4 is 5.32 Å². The zero-order valence-electron chi connectivity index (χ0n) is 14.9. The molecule has 25 heavy (non-hydrogen) atoms. The van der Waals surface area contributed by atoms with Crippen LogP contribution in [0.5, 0.6) is 0 Å². The van der Waals surface area contributed by atoms with E-state index in [1.807, 2.05) is 20.2 Å². The van der Waals surface area contributed by atoms with Gasteiger partial charge in [-0.25, -0.2) is 9.79 Å². The van der Waals surface area contributed by atoms with E-state index in [2.05, 4.69) is 39.4 Å². The molecule has 3 heterocycles. The molecular weight excluding hydrogens is 316 g/mol. The summed E-state index contributed by atoms with van der Waals surface area (Å²) in [6, 6.07) is 10.8. The van der Waals surface area contributed by atoms with E-state index in [1.165, 1.54) is 5.56 Å². The number of likely N-dealkylation sites (N-methyl/N-ethyl adjacent to an activating group) is 2. The lowest BCUT2D eigenvalue weighted by Crippen LogP contribution is -2.61. The fourth-order valence-corrected chi connectivity index (χ4v) is 3.96. The molecular formula is C18H26N6O. The highest BCUT2D eigenvalue weighted by Gasteiger charge is 2.46. The van der Waals surface area contributed by atoms with Gasteiger partial charge in [-0.1, -0.05) is 30.3 Å². The van der Waals surface area contributed by atoms with E-state index in [4.69, 9.17) is 4.99 Å². The van der Waals surface area contributed by atoms with E-state index in [0.29, 0.717) is 6.54 Å². The molecule has 2 atom stereocenters. The van der Waals surface area contributed by atoms with Gasteiger partial charge >= 0.3 is 6.03 Å². The van der Waals surface area contributed by atoms with Crippen molar-refractivity contribution in [3.63, 3.8) is 0 Å². The van der Waals surface area contributed by atoms with Gasteiger partial charge in [0.25, 0.3) is 0 Å². The average Bonchev–Trinajstić information content (AvgIpc) is 3.00. The summed E-state index contributed by atoms with van der Waals surface area (Å²) in [4.78, 5) is 25.7. The van der Waals surface area contributed by atoms with E-state index < -0.39 is 0 Å². The molecule has 1 N–H and O–H groups in total. The predicted molar refractivity (Wildman–Crippen MR) is 97.2 cm³/mol. The van der Waals surface area contributed by atoms with Crippen molar-refractivity contribution in [3.05, 3.63) is 35.9 Å². The second-order valence-electron chi connectivity index (χ2n) is 7.03. The zero-order chi connectivity index (χ0) is 17.4. The Morgan fingerprint density at radius 2 is 1.88 bits per heavy atom. The number of carbonyl (C=O) groups excluding carboxylic acids is 1. The number of hydrogen-bond donors (Lipinski definition) is 1. The Balaban J connectivity index is 1.64. The summed E-state index contributed by atoms with van der Waals surface area (Å²) in [6.07, 6.45) is -0.0997. The Labute approximate surface area is 148 Å². The lowest BCUT2D eigenvalue weighted by atomic mass is 10.1. The highest BCUT2D eigenvalue weighted by molar-refractivity contribution is 5.85. The van der Waals surface area contributed by atoms with Gasteiger partial charge in [-0.3, -0.25) is 0 Å². The number of fused-ring (bicyclic) bond motifs is 1. The predicted octanol–water partition coefficient (Wildman–Crippen LogP) is 0.455. The van der Waals surface area contributed by atoms with Crippen LogP contribution in [-0.2, 0) is 6.54 Å².